The highest BCUT2D eigenvalue weighted by Gasteiger charge is 2.58. The first-order valence-corrected chi connectivity index (χ1v) is 10.2. The van der Waals surface area contributed by atoms with E-state index in [0.29, 0.717) is 11.3 Å². The standard InChI is InChI=1S/C18H32O3S/c1-12(2)6-5-7-13(3)14-8-9-15-17-16(20-22(19)21-17)10-11-18(14,15)4/h12-17H,5-11H2,1-4H3/t13-,14-,15+,16+,17-,18-,22+/m1/s1. The van der Waals surface area contributed by atoms with Crippen LogP contribution < -0.4 is 0 Å². The molecule has 0 bridgehead atoms. The lowest BCUT2D eigenvalue weighted by Crippen LogP contribution is -2.46. The molecule has 0 radical (unpaired) electrons. The lowest BCUT2D eigenvalue weighted by atomic mass is 9.61. The highest BCUT2D eigenvalue weighted by Crippen LogP contribution is 2.60. The van der Waals surface area contributed by atoms with Gasteiger partial charge in [0.2, 0.25) is 0 Å². The first-order chi connectivity index (χ1) is 10.4. The van der Waals surface area contributed by atoms with Crippen molar-refractivity contribution < 1.29 is 12.6 Å². The van der Waals surface area contributed by atoms with Crippen molar-refractivity contribution in [2.75, 3.05) is 0 Å². The summed E-state index contributed by atoms with van der Waals surface area (Å²) < 4.78 is 22.7. The van der Waals surface area contributed by atoms with E-state index in [0.717, 1.165) is 24.2 Å². The molecule has 0 amide bonds. The molecule has 0 unspecified atom stereocenters. The summed E-state index contributed by atoms with van der Waals surface area (Å²) in [4.78, 5) is 0. The summed E-state index contributed by atoms with van der Waals surface area (Å²) in [5, 5.41) is 0. The molecule has 2 aliphatic carbocycles. The van der Waals surface area contributed by atoms with Crippen molar-refractivity contribution in [1.82, 2.24) is 0 Å². The summed E-state index contributed by atoms with van der Waals surface area (Å²) in [6.07, 6.45) is 8.95. The second-order valence-electron chi connectivity index (χ2n) is 8.54. The van der Waals surface area contributed by atoms with Crippen molar-refractivity contribution >= 4 is 11.4 Å². The van der Waals surface area contributed by atoms with Gasteiger partial charge >= 0.3 is 11.4 Å². The van der Waals surface area contributed by atoms with Gasteiger partial charge in [-0.3, -0.25) is 8.37 Å². The average Bonchev–Trinajstić information content (AvgIpc) is 2.97. The zero-order valence-corrected chi connectivity index (χ0v) is 15.4. The zero-order chi connectivity index (χ0) is 15.9. The third kappa shape index (κ3) is 3.03. The Balaban J connectivity index is 1.65. The fourth-order valence-corrected chi connectivity index (χ4v) is 6.40. The number of hydrogen-bond donors (Lipinski definition) is 0. The fraction of sp³-hybridized carbons (Fsp3) is 1.00. The minimum atomic E-state index is -1.50. The van der Waals surface area contributed by atoms with Crippen LogP contribution in [0, 0.1) is 29.1 Å². The van der Waals surface area contributed by atoms with E-state index in [1.165, 1.54) is 38.5 Å². The fourth-order valence-electron chi connectivity index (χ4n) is 5.51. The summed E-state index contributed by atoms with van der Waals surface area (Å²) in [6.45, 7) is 9.55. The van der Waals surface area contributed by atoms with Crippen LogP contribution >= 0.6 is 0 Å². The summed E-state index contributed by atoms with van der Waals surface area (Å²) in [7, 11) is 0. The molecule has 3 aliphatic rings. The average molecular weight is 329 g/mol. The molecule has 3 nitrogen and oxygen atoms in total. The van der Waals surface area contributed by atoms with Gasteiger partial charge in [-0.05, 0) is 54.8 Å². The monoisotopic (exact) mass is 328 g/mol. The summed E-state index contributed by atoms with van der Waals surface area (Å²) in [5.74, 6) is 2.94. The Hall–Kier alpha value is 0.0700. The second-order valence-corrected chi connectivity index (χ2v) is 9.33. The van der Waals surface area contributed by atoms with Gasteiger partial charge in [0, 0.05) is 0 Å². The topological polar surface area (TPSA) is 35.5 Å². The first-order valence-electron chi connectivity index (χ1n) is 9.18. The van der Waals surface area contributed by atoms with E-state index in [1.54, 1.807) is 0 Å². The Kier molecular flexibility index (Phi) is 5.01. The molecule has 0 aromatic rings. The predicted octanol–water partition coefficient (Wildman–Crippen LogP) is 4.64. The molecule has 1 heterocycles. The molecule has 4 heteroatoms. The van der Waals surface area contributed by atoms with Gasteiger partial charge in [-0.15, -0.1) is 0 Å². The molecule has 0 spiro atoms. The van der Waals surface area contributed by atoms with Crippen LogP contribution in [0.15, 0.2) is 0 Å². The van der Waals surface area contributed by atoms with Crippen molar-refractivity contribution in [3.05, 3.63) is 0 Å². The van der Waals surface area contributed by atoms with Gasteiger partial charge in [-0.25, -0.2) is 0 Å². The van der Waals surface area contributed by atoms with Crippen LogP contribution in [-0.4, -0.2) is 16.4 Å². The molecular weight excluding hydrogens is 296 g/mol. The molecular formula is C18H32O3S. The Bertz CT molecular complexity index is 425. The lowest BCUT2D eigenvalue weighted by Gasteiger charge is -2.46. The van der Waals surface area contributed by atoms with E-state index in [1.807, 2.05) is 0 Å². The molecule has 0 N–H and O–H groups in total. The van der Waals surface area contributed by atoms with Gasteiger partial charge in [0.25, 0.3) is 0 Å². The third-order valence-electron chi connectivity index (χ3n) is 6.73. The highest BCUT2D eigenvalue weighted by molar-refractivity contribution is 7.75. The lowest BCUT2D eigenvalue weighted by molar-refractivity contribution is -0.0374. The van der Waals surface area contributed by atoms with Crippen LogP contribution in [0.4, 0.5) is 0 Å². The van der Waals surface area contributed by atoms with E-state index in [-0.39, 0.29) is 12.2 Å². The van der Waals surface area contributed by atoms with Gasteiger partial charge in [0.1, 0.15) is 12.2 Å². The Labute approximate surface area is 138 Å². The Morgan fingerprint density at radius 2 is 1.91 bits per heavy atom. The smallest absolute Gasteiger partial charge is 0.262 e. The molecule has 128 valence electrons. The maximum atomic E-state index is 11.6. The predicted molar refractivity (Wildman–Crippen MR) is 89.3 cm³/mol. The molecule has 22 heavy (non-hydrogen) atoms. The molecule has 3 fully saturated rings. The van der Waals surface area contributed by atoms with Gasteiger partial charge in [0.05, 0.1) is 0 Å². The molecule has 0 aromatic carbocycles. The van der Waals surface area contributed by atoms with Crippen molar-refractivity contribution in [2.24, 2.45) is 29.1 Å². The van der Waals surface area contributed by atoms with Crippen LogP contribution in [0.25, 0.3) is 0 Å². The van der Waals surface area contributed by atoms with E-state index < -0.39 is 11.4 Å². The van der Waals surface area contributed by atoms with Gasteiger partial charge in [-0.1, -0.05) is 47.0 Å². The Morgan fingerprint density at radius 1 is 1.14 bits per heavy atom. The molecule has 2 saturated carbocycles. The normalized spacial score (nSPS) is 45.8. The number of fused-ring (bicyclic) bond motifs is 3. The first kappa shape index (κ1) is 16.9. The maximum Gasteiger partial charge on any atom is 0.305 e. The minimum Gasteiger partial charge on any atom is -0.262 e. The quantitative estimate of drug-likeness (QED) is 0.737. The minimum absolute atomic E-state index is 0.0763. The van der Waals surface area contributed by atoms with Gasteiger partial charge in [0.15, 0.2) is 0 Å². The summed E-state index contributed by atoms with van der Waals surface area (Å²) >= 11 is -1.50. The van der Waals surface area contributed by atoms with Crippen molar-refractivity contribution in [3.8, 4) is 0 Å². The van der Waals surface area contributed by atoms with Crippen LogP contribution in [0.3, 0.4) is 0 Å². The molecule has 1 aliphatic heterocycles. The van der Waals surface area contributed by atoms with Crippen LogP contribution in [0.5, 0.6) is 0 Å². The molecule has 3 rings (SSSR count). The summed E-state index contributed by atoms with van der Waals surface area (Å²) in [6, 6.07) is 0. The largest absolute Gasteiger partial charge is 0.305 e. The number of rotatable bonds is 5. The van der Waals surface area contributed by atoms with Crippen LogP contribution in [0.1, 0.15) is 72.6 Å². The second kappa shape index (κ2) is 6.52. The summed E-state index contributed by atoms with van der Waals surface area (Å²) in [5.41, 5.74) is 0.357. The van der Waals surface area contributed by atoms with E-state index in [9.17, 15) is 4.21 Å². The number of hydrogen-bond acceptors (Lipinski definition) is 3. The van der Waals surface area contributed by atoms with E-state index in [4.69, 9.17) is 8.37 Å². The molecule has 1 saturated heterocycles. The van der Waals surface area contributed by atoms with E-state index in [2.05, 4.69) is 27.7 Å². The molecule has 7 atom stereocenters. The van der Waals surface area contributed by atoms with Crippen molar-refractivity contribution in [2.45, 2.75) is 84.8 Å². The highest BCUT2D eigenvalue weighted by atomic mass is 32.2. The maximum absolute atomic E-state index is 11.6. The SMILES string of the molecule is CC(C)CCC[C@@H](C)[C@H]1CC[C@H]2[C@H]3O[S@@](=O)O[C@H]3CC[C@]12C. The molecule has 0 aromatic heterocycles. The zero-order valence-electron chi connectivity index (χ0n) is 14.5. The Morgan fingerprint density at radius 3 is 2.64 bits per heavy atom. The van der Waals surface area contributed by atoms with Crippen molar-refractivity contribution in [1.29, 1.82) is 0 Å². The van der Waals surface area contributed by atoms with Gasteiger partial charge in [-0.2, -0.15) is 4.21 Å². The third-order valence-corrected chi connectivity index (χ3v) is 7.52. The van der Waals surface area contributed by atoms with E-state index >= 15 is 0 Å². The van der Waals surface area contributed by atoms with Gasteiger partial charge < -0.3 is 0 Å². The van der Waals surface area contributed by atoms with Crippen LogP contribution in [0.2, 0.25) is 0 Å². The van der Waals surface area contributed by atoms with Crippen LogP contribution in [-0.2, 0) is 19.7 Å². The van der Waals surface area contributed by atoms with Crippen molar-refractivity contribution in [3.63, 3.8) is 0 Å².